The zero-order chi connectivity index (χ0) is 17.6. The molecule has 2 amide bonds. The van der Waals surface area contributed by atoms with Crippen LogP contribution in [0, 0.1) is 0 Å². The van der Waals surface area contributed by atoms with Gasteiger partial charge in [0.1, 0.15) is 0 Å². The van der Waals surface area contributed by atoms with E-state index in [1.165, 1.54) is 5.56 Å². The number of benzene rings is 2. The molecular weight excluding hydrogens is 310 g/mol. The molecule has 1 fully saturated rings. The Morgan fingerprint density at radius 2 is 1.44 bits per heavy atom. The number of nitrogens with zero attached hydrogens (tertiary/aromatic N) is 2. The van der Waals surface area contributed by atoms with Crippen molar-refractivity contribution in [2.45, 2.75) is 39.0 Å². The van der Waals surface area contributed by atoms with Gasteiger partial charge in [0.25, 0.3) is 0 Å². The summed E-state index contributed by atoms with van der Waals surface area (Å²) < 4.78 is 0. The van der Waals surface area contributed by atoms with Gasteiger partial charge in [0.05, 0.1) is 0 Å². The number of piperazine rings is 1. The summed E-state index contributed by atoms with van der Waals surface area (Å²) >= 11 is 0. The van der Waals surface area contributed by atoms with E-state index in [1.807, 2.05) is 41.3 Å². The lowest BCUT2D eigenvalue weighted by Crippen LogP contribution is -2.59. The molecular formula is C21H27N3O. The van der Waals surface area contributed by atoms with Gasteiger partial charge in [-0.25, -0.2) is 4.79 Å². The van der Waals surface area contributed by atoms with Crippen molar-refractivity contribution in [3.05, 3.63) is 71.8 Å². The topological polar surface area (TPSA) is 35.6 Å². The zero-order valence-electron chi connectivity index (χ0n) is 15.1. The van der Waals surface area contributed by atoms with E-state index in [-0.39, 0.29) is 6.03 Å². The van der Waals surface area contributed by atoms with Crippen LogP contribution in [0.2, 0.25) is 0 Å². The van der Waals surface area contributed by atoms with Crippen LogP contribution in [-0.2, 0) is 13.1 Å². The predicted octanol–water partition coefficient (Wildman–Crippen LogP) is 3.49. The molecule has 0 saturated carbocycles. The highest BCUT2D eigenvalue weighted by Gasteiger charge is 2.31. The second kappa shape index (κ2) is 8.17. The summed E-state index contributed by atoms with van der Waals surface area (Å²) in [6, 6.07) is 21.3. The molecule has 0 bridgehead atoms. The van der Waals surface area contributed by atoms with Gasteiger partial charge in [-0.15, -0.1) is 0 Å². The summed E-state index contributed by atoms with van der Waals surface area (Å²) in [4.78, 5) is 17.0. The van der Waals surface area contributed by atoms with Gasteiger partial charge >= 0.3 is 6.03 Å². The summed E-state index contributed by atoms with van der Waals surface area (Å²) in [5, 5.41) is 3.04. The van der Waals surface area contributed by atoms with Crippen molar-refractivity contribution in [3.63, 3.8) is 0 Å². The Balaban J connectivity index is 1.55. The molecule has 25 heavy (non-hydrogen) atoms. The molecule has 2 aromatic rings. The van der Waals surface area contributed by atoms with Crippen molar-refractivity contribution in [2.24, 2.45) is 0 Å². The second-order valence-electron chi connectivity index (χ2n) is 6.91. The van der Waals surface area contributed by atoms with E-state index in [1.54, 1.807) is 0 Å². The molecule has 2 aromatic carbocycles. The Hall–Kier alpha value is -2.33. The maximum absolute atomic E-state index is 12.5. The molecule has 1 aliphatic heterocycles. The fraction of sp³-hybridized carbons (Fsp3) is 0.381. The molecule has 4 nitrogen and oxygen atoms in total. The largest absolute Gasteiger partial charge is 0.334 e. The highest BCUT2D eigenvalue weighted by atomic mass is 16.2. The lowest BCUT2D eigenvalue weighted by Gasteiger charge is -2.44. The first-order valence-electron chi connectivity index (χ1n) is 9.00. The first-order chi connectivity index (χ1) is 12.1. The van der Waals surface area contributed by atoms with Crippen LogP contribution in [0.3, 0.4) is 0 Å². The number of hydrogen-bond acceptors (Lipinski definition) is 2. The van der Waals surface area contributed by atoms with Gasteiger partial charge in [-0.3, -0.25) is 4.90 Å². The molecule has 1 aliphatic rings. The van der Waals surface area contributed by atoms with Crippen molar-refractivity contribution < 1.29 is 4.79 Å². The van der Waals surface area contributed by atoms with Gasteiger partial charge in [0.2, 0.25) is 0 Å². The number of rotatable bonds is 4. The third kappa shape index (κ3) is 4.60. The van der Waals surface area contributed by atoms with Crippen molar-refractivity contribution in [2.75, 3.05) is 13.1 Å². The SMILES string of the molecule is CC1CN(C(=O)NCc2ccccc2)CC(C)N1Cc1ccccc1. The Labute approximate surface area is 150 Å². The quantitative estimate of drug-likeness (QED) is 0.927. The summed E-state index contributed by atoms with van der Waals surface area (Å²) in [5.41, 5.74) is 2.45. The van der Waals surface area contributed by atoms with Gasteiger partial charge in [0.15, 0.2) is 0 Å². The zero-order valence-corrected chi connectivity index (χ0v) is 15.1. The van der Waals surface area contributed by atoms with Crippen LogP contribution in [0.5, 0.6) is 0 Å². The molecule has 1 heterocycles. The van der Waals surface area contributed by atoms with Gasteiger partial charge < -0.3 is 10.2 Å². The van der Waals surface area contributed by atoms with Crippen LogP contribution >= 0.6 is 0 Å². The van der Waals surface area contributed by atoms with Crippen LogP contribution in [0.4, 0.5) is 4.79 Å². The predicted molar refractivity (Wildman–Crippen MR) is 101 cm³/mol. The highest BCUT2D eigenvalue weighted by molar-refractivity contribution is 5.74. The van der Waals surface area contributed by atoms with E-state index in [2.05, 4.69) is 48.3 Å². The molecule has 2 unspecified atom stereocenters. The fourth-order valence-corrected chi connectivity index (χ4v) is 3.51. The van der Waals surface area contributed by atoms with Crippen molar-refractivity contribution in [3.8, 4) is 0 Å². The minimum Gasteiger partial charge on any atom is -0.334 e. The number of amides is 2. The molecule has 4 heteroatoms. The van der Waals surface area contributed by atoms with Gasteiger partial charge in [-0.05, 0) is 25.0 Å². The fourth-order valence-electron chi connectivity index (χ4n) is 3.51. The minimum absolute atomic E-state index is 0.0296. The Kier molecular flexibility index (Phi) is 5.71. The van der Waals surface area contributed by atoms with E-state index in [0.717, 1.165) is 25.2 Å². The Morgan fingerprint density at radius 1 is 0.920 bits per heavy atom. The van der Waals surface area contributed by atoms with Crippen molar-refractivity contribution in [1.82, 2.24) is 15.1 Å². The highest BCUT2D eigenvalue weighted by Crippen LogP contribution is 2.19. The number of carbonyl (C=O) groups excluding carboxylic acids is 1. The first kappa shape index (κ1) is 17.5. The van der Waals surface area contributed by atoms with Gasteiger partial charge in [-0.2, -0.15) is 0 Å². The molecule has 0 aromatic heterocycles. The van der Waals surface area contributed by atoms with Crippen LogP contribution < -0.4 is 5.32 Å². The van der Waals surface area contributed by atoms with Crippen LogP contribution in [0.15, 0.2) is 60.7 Å². The van der Waals surface area contributed by atoms with Gasteiger partial charge in [0, 0.05) is 38.3 Å². The van der Waals surface area contributed by atoms with E-state index in [4.69, 9.17) is 0 Å². The molecule has 0 radical (unpaired) electrons. The molecule has 1 saturated heterocycles. The van der Waals surface area contributed by atoms with E-state index in [0.29, 0.717) is 18.6 Å². The van der Waals surface area contributed by atoms with E-state index in [9.17, 15) is 4.79 Å². The molecule has 2 atom stereocenters. The van der Waals surface area contributed by atoms with Crippen LogP contribution in [0.1, 0.15) is 25.0 Å². The lowest BCUT2D eigenvalue weighted by atomic mass is 10.1. The van der Waals surface area contributed by atoms with Crippen molar-refractivity contribution >= 4 is 6.03 Å². The number of hydrogen-bond donors (Lipinski definition) is 1. The number of carbonyl (C=O) groups is 1. The number of urea groups is 1. The normalized spacial score (nSPS) is 21.1. The molecule has 1 N–H and O–H groups in total. The van der Waals surface area contributed by atoms with Crippen LogP contribution in [-0.4, -0.2) is 41.0 Å². The summed E-state index contributed by atoms with van der Waals surface area (Å²) in [7, 11) is 0. The smallest absolute Gasteiger partial charge is 0.317 e. The summed E-state index contributed by atoms with van der Waals surface area (Å²) in [6.07, 6.45) is 0. The third-order valence-electron chi connectivity index (χ3n) is 4.88. The van der Waals surface area contributed by atoms with Crippen molar-refractivity contribution in [1.29, 1.82) is 0 Å². The van der Waals surface area contributed by atoms with Crippen LogP contribution in [0.25, 0.3) is 0 Å². The van der Waals surface area contributed by atoms with Gasteiger partial charge in [-0.1, -0.05) is 60.7 Å². The number of nitrogens with one attached hydrogen (secondary N) is 1. The monoisotopic (exact) mass is 337 g/mol. The summed E-state index contributed by atoms with van der Waals surface area (Å²) in [6.45, 7) is 7.44. The summed E-state index contributed by atoms with van der Waals surface area (Å²) in [5.74, 6) is 0. The first-order valence-corrected chi connectivity index (χ1v) is 9.00. The average Bonchev–Trinajstić information content (AvgIpc) is 2.64. The third-order valence-corrected chi connectivity index (χ3v) is 4.88. The van der Waals surface area contributed by atoms with E-state index >= 15 is 0 Å². The standard InChI is InChI=1S/C21H27N3O/c1-17-14-23(21(25)22-13-19-9-5-3-6-10-19)15-18(2)24(17)16-20-11-7-4-8-12-20/h3-12,17-18H,13-16H2,1-2H3,(H,22,25). The molecule has 0 aliphatic carbocycles. The average molecular weight is 337 g/mol. The second-order valence-corrected chi connectivity index (χ2v) is 6.91. The molecule has 3 rings (SSSR count). The minimum atomic E-state index is 0.0296. The van der Waals surface area contributed by atoms with E-state index < -0.39 is 0 Å². The lowest BCUT2D eigenvalue weighted by molar-refractivity contribution is 0.0492. The Bertz CT molecular complexity index is 662. The maximum Gasteiger partial charge on any atom is 0.317 e. The molecule has 0 spiro atoms. The molecule has 132 valence electrons. The maximum atomic E-state index is 12.5. The Morgan fingerprint density at radius 3 is 2.00 bits per heavy atom.